The average Bonchev–Trinajstić information content (AvgIpc) is 2.30. The fraction of sp³-hybridized carbons (Fsp3) is 0.643. The predicted molar refractivity (Wildman–Crippen MR) is 72.4 cm³/mol. The van der Waals surface area contributed by atoms with E-state index in [1.807, 2.05) is 6.92 Å². The highest BCUT2D eigenvalue weighted by Crippen LogP contribution is 2.18. The summed E-state index contributed by atoms with van der Waals surface area (Å²) in [5.41, 5.74) is 3.39. The lowest BCUT2D eigenvalue weighted by molar-refractivity contribution is 0.226. The van der Waals surface area contributed by atoms with Gasteiger partial charge in [0, 0.05) is 12.2 Å². The van der Waals surface area contributed by atoms with Crippen LogP contribution in [0.3, 0.4) is 0 Å². The SMILES string of the molecule is Cc1ccc(NCC2CCN(C)CC2)c(C)n1. The molecule has 0 saturated carbocycles. The summed E-state index contributed by atoms with van der Waals surface area (Å²) in [7, 11) is 2.21. The van der Waals surface area contributed by atoms with E-state index in [9.17, 15) is 0 Å². The number of nitrogens with one attached hydrogen (secondary N) is 1. The molecule has 2 heterocycles. The number of hydrogen-bond acceptors (Lipinski definition) is 3. The number of anilines is 1. The fourth-order valence-corrected chi connectivity index (χ4v) is 2.39. The van der Waals surface area contributed by atoms with Crippen LogP contribution >= 0.6 is 0 Å². The normalized spacial score (nSPS) is 18.3. The summed E-state index contributed by atoms with van der Waals surface area (Å²) in [6, 6.07) is 4.22. The second-order valence-electron chi connectivity index (χ2n) is 5.21. The number of piperidine rings is 1. The van der Waals surface area contributed by atoms with Crippen molar-refractivity contribution in [2.75, 3.05) is 32.0 Å². The summed E-state index contributed by atoms with van der Waals surface area (Å²) in [5, 5.41) is 3.54. The van der Waals surface area contributed by atoms with Gasteiger partial charge >= 0.3 is 0 Å². The first-order chi connectivity index (χ1) is 8.15. The predicted octanol–water partition coefficient (Wildman–Crippen LogP) is 2.45. The molecule has 2 rings (SSSR count). The molecule has 3 nitrogen and oxygen atoms in total. The molecule has 0 amide bonds. The highest BCUT2D eigenvalue weighted by Gasteiger charge is 2.16. The Morgan fingerprint density at radius 1 is 1.29 bits per heavy atom. The minimum atomic E-state index is 0.812. The third-order valence-electron chi connectivity index (χ3n) is 3.64. The monoisotopic (exact) mass is 233 g/mol. The minimum Gasteiger partial charge on any atom is -0.383 e. The van der Waals surface area contributed by atoms with Gasteiger partial charge in [-0.1, -0.05) is 0 Å². The molecule has 0 bridgehead atoms. The van der Waals surface area contributed by atoms with Crippen molar-refractivity contribution in [1.82, 2.24) is 9.88 Å². The van der Waals surface area contributed by atoms with Crippen molar-refractivity contribution in [1.29, 1.82) is 0 Å². The third-order valence-corrected chi connectivity index (χ3v) is 3.64. The molecule has 0 atom stereocenters. The second-order valence-corrected chi connectivity index (χ2v) is 5.21. The highest BCUT2D eigenvalue weighted by atomic mass is 15.1. The first-order valence-corrected chi connectivity index (χ1v) is 6.52. The van der Waals surface area contributed by atoms with Crippen molar-refractivity contribution in [3.05, 3.63) is 23.5 Å². The van der Waals surface area contributed by atoms with Crippen LogP contribution in [0.15, 0.2) is 12.1 Å². The highest BCUT2D eigenvalue weighted by molar-refractivity contribution is 5.47. The zero-order valence-corrected chi connectivity index (χ0v) is 11.2. The number of hydrogen-bond donors (Lipinski definition) is 1. The molecular weight excluding hydrogens is 210 g/mol. The second kappa shape index (κ2) is 5.50. The van der Waals surface area contributed by atoms with Gasteiger partial charge in [0.25, 0.3) is 0 Å². The van der Waals surface area contributed by atoms with Crippen LogP contribution in [0.1, 0.15) is 24.2 Å². The Balaban J connectivity index is 1.85. The number of aromatic nitrogens is 1. The van der Waals surface area contributed by atoms with E-state index in [0.717, 1.165) is 23.9 Å². The van der Waals surface area contributed by atoms with Crippen LogP contribution in [0.2, 0.25) is 0 Å². The van der Waals surface area contributed by atoms with Gasteiger partial charge in [0.05, 0.1) is 11.4 Å². The lowest BCUT2D eigenvalue weighted by Crippen LogP contribution is -2.33. The summed E-state index contributed by atoms with van der Waals surface area (Å²) >= 11 is 0. The zero-order valence-electron chi connectivity index (χ0n) is 11.2. The van der Waals surface area contributed by atoms with E-state index in [1.165, 1.54) is 31.6 Å². The maximum absolute atomic E-state index is 4.48. The van der Waals surface area contributed by atoms with E-state index in [2.05, 4.69) is 41.3 Å². The number of likely N-dealkylation sites (tertiary alicyclic amines) is 1. The number of nitrogens with zero attached hydrogens (tertiary/aromatic N) is 2. The van der Waals surface area contributed by atoms with E-state index >= 15 is 0 Å². The van der Waals surface area contributed by atoms with Crippen molar-refractivity contribution in [2.45, 2.75) is 26.7 Å². The Kier molecular flexibility index (Phi) is 4.00. The molecule has 1 aliphatic rings. The standard InChI is InChI=1S/C14H23N3/c1-11-4-5-14(12(2)16-11)15-10-13-6-8-17(3)9-7-13/h4-5,13,15H,6-10H2,1-3H3. The molecule has 1 saturated heterocycles. The van der Waals surface area contributed by atoms with Crippen LogP contribution in [0.4, 0.5) is 5.69 Å². The Bertz CT molecular complexity index is 368. The molecule has 0 aromatic carbocycles. The molecule has 94 valence electrons. The van der Waals surface area contributed by atoms with E-state index in [1.54, 1.807) is 0 Å². The van der Waals surface area contributed by atoms with Gasteiger partial charge in [-0.25, -0.2) is 0 Å². The van der Waals surface area contributed by atoms with E-state index in [4.69, 9.17) is 0 Å². The van der Waals surface area contributed by atoms with Crippen molar-refractivity contribution in [2.24, 2.45) is 5.92 Å². The van der Waals surface area contributed by atoms with E-state index in [0.29, 0.717) is 0 Å². The lowest BCUT2D eigenvalue weighted by atomic mass is 9.97. The van der Waals surface area contributed by atoms with Gasteiger partial charge in [0.15, 0.2) is 0 Å². The quantitative estimate of drug-likeness (QED) is 0.869. The van der Waals surface area contributed by atoms with Crippen molar-refractivity contribution in [3.63, 3.8) is 0 Å². The summed E-state index contributed by atoms with van der Waals surface area (Å²) < 4.78 is 0. The maximum atomic E-state index is 4.48. The Morgan fingerprint density at radius 2 is 2.00 bits per heavy atom. The Labute approximate surface area is 104 Å². The first-order valence-electron chi connectivity index (χ1n) is 6.52. The van der Waals surface area contributed by atoms with Gasteiger partial charge < -0.3 is 10.2 Å². The van der Waals surface area contributed by atoms with E-state index < -0.39 is 0 Å². The summed E-state index contributed by atoms with van der Waals surface area (Å²) in [6.45, 7) is 7.66. The number of rotatable bonds is 3. The average molecular weight is 233 g/mol. The van der Waals surface area contributed by atoms with Gasteiger partial charge in [-0.15, -0.1) is 0 Å². The third kappa shape index (κ3) is 3.43. The lowest BCUT2D eigenvalue weighted by Gasteiger charge is -2.29. The number of aryl methyl sites for hydroxylation is 2. The molecule has 3 heteroatoms. The zero-order chi connectivity index (χ0) is 12.3. The molecule has 1 fully saturated rings. The van der Waals surface area contributed by atoms with Crippen LogP contribution in [0, 0.1) is 19.8 Å². The van der Waals surface area contributed by atoms with Crippen LogP contribution in [-0.2, 0) is 0 Å². The Hall–Kier alpha value is -1.09. The van der Waals surface area contributed by atoms with Gasteiger partial charge in [-0.2, -0.15) is 0 Å². The molecule has 0 spiro atoms. The summed E-state index contributed by atoms with van der Waals surface area (Å²) in [6.07, 6.45) is 2.61. The molecule has 17 heavy (non-hydrogen) atoms. The fourth-order valence-electron chi connectivity index (χ4n) is 2.39. The first kappa shape index (κ1) is 12.4. The van der Waals surface area contributed by atoms with Crippen molar-refractivity contribution >= 4 is 5.69 Å². The molecule has 1 aromatic rings. The van der Waals surface area contributed by atoms with Crippen LogP contribution < -0.4 is 5.32 Å². The van der Waals surface area contributed by atoms with Gasteiger partial charge in [-0.3, -0.25) is 4.98 Å². The molecule has 1 aromatic heterocycles. The molecule has 0 unspecified atom stereocenters. The molecule has 0 aliphatic carbocycles. The van der Waals surface area contributed by atoms with Crippen molar-refractivity contribution < 1.29 is 0 Å². The molecule has 1 N–H and O–H groups in total. The van der Waals surface area contributed by atoms with Gasteiger partial charge in [0.2, 0.25) is 0 Å². The van der Waals surface area contributed by atoms with Crippen molar-refractivity contribution in [3.8, 4) is 0 Å². The molecular formula is C14H23N3. The topological polar surface area (TPSA) is 28.2 Å². The molecule has 1 aliphatic heterocycles. The van der Waals surface area contributed by atoms with Crippen LogP contribution in [-0.4, -0.2) is 36.6 Å². The number of pyridine rings is 1. The maximum Gasteiger partial charge on any atom is 0.0606 e. The van der Waals surface area contributed by atoms with E-state index in [-0.39, 0.29) is 0 Å². The molecule has 0 radical (unpaired) electrons. The summed E-state index contributed by atoms with van der Waals surface area (Å²) in [4.78, 5) is 6.89. The Morgan fingerprint density at radius 3 is 2.65 bits per heavy atom. The smallest absolute Gasteiger partial charge is 0.0606 e. The van der Waals surface area contributed by atoms with Gasteiger partial charge in [0.1, 0.15) is 0 Å². The summed E-state index contributed by atoms with van der Waals surface area (Å²) in [5.74, 6) is 0.812. The van der Waals surface area contributed by atoms with Crippen LogP contribution in [0.25, 0.3) is 0 Å². The largest absolute Gasteiger partial charge is 0.383 e. The van der Waals surface area contributed by atoms with Gasteiger partial charge in [-0.05, 0) is 64.9 Å². The van der Waals surface area contributed by atoms with Crippen LogP contribution in [0.5, 0.6) is 0 Å². The minimum absolute atomic E-state index is 0.812.